The van der Waals surface area contributed by atoms with E-state index in [0.717, 1.165) is 110 Å². The van der Waals surface area contributed by atoms with Crippen molar-refractivity contribution in [1.29, 1.82) is 0 Å². The fourth-order valence-corrected chi connectivity index (χ4v) is 8.34. The number of Topliss-reactive ketones (excluding diaryl/α,β-unsaturated/α-hetero) is 1. The van der Waals surface area contributed by atoms with Crippen molar-refractivity contribution >= 4 is 43.2 Å². The summed E-state index contributed by atoms with van der Waals surface area (Å²) in [6, 6.07) is 72.6. The van der Waals surface area contributed by atoms with Gasteiger partial charge in [0.2, 0.25) is 0 Å². The maximum Gasteiger partial charge on any atom is 2.00 e. The zero-order chi connectivity index (χ0) is 57.6. The number of hydrogen-bond donors (Lipinski definition) is 3. The van der Waals surface area contributed by atoms with Gasteiger partial charge in [-0.05, 0) is 113 Å². The number of amides is 1. The van der Waals surface area contributed by atoms with E-state index in [1.54, 1.807) is 19.0 Å². The number of halogens is 1. The molecule has 2 atom stereocenters. The van der Waals surface area contributed by atoms with Crippen molar-refractivity contribution in [3.63, 3.8) is 0 Å². The van der Waals surface area contributed by atoms with Crippen molar-refractivity contribution < 1.29 is 72.9 Å². The van der Waals surface area contributed by atoms with Gasteiger partial charge in [0.05, 0.1) is 12.2 Å². The van der Waals surface area contributed by atoms with Gasteiger partial charge >= 0.3 is 52.6 Å². The van der Waals surface area contributed by atoms with E-state index in [-0.39, 0.29) is 104 Å². The smallest absolute Gasteiger partial charge is 1.00 e. The minimum absolute atomic E-state index is 0. The van der Waals surface area contributed by atoms with Crippen molar-refractivity contribution in [1.82, 2.24) is 4.90 Å². The van der Waals surface area contributed by atoms with Crippen LogP contribution in [0.3, 0.4) is 0 Å². The predicted molar refractivity (Wildman–Crippen MR) is 351 cm³/mol. The third-order valence-electron chi connectivity index (χ3n) is 13.0. The van der Waals surface area contributed by atoms with Gasteiger partial charge in [-0.25, -0.2) is 0 Å². The normalized spacial score (nSPS) is 10.4. The molecule has 0 saturated carbocycles. The fraction of sp³-hybridized carbons (Fsp3) is 0.230. The van der Waals surface area contributed by atoms with E-state index in [1.165, 1.54) is 27.8 Å². The topological polar surface area (TPSA) is 98.1 Å². The molecule has 0 saturated heterocycles. The Hall–Kier alpha value is -5.69. The first-order valence-electron chi connectivity index (χ1n) is 28.0. The molecule has 0 heterocycles. The van der Waals surface area contributed by atoms with Gasteiger partial charge in [0.15, 0.2) is 5.78 Å². The maximum atomic E-state index is 11.9. The third kappa shape index (κ3) is 29.9. The summed E-state index contributed by atoms with van der Waals surface area (Å²) < 4.78 is 0. The monoisotopic (exact) mass is 1200 g/mol. The Morgan fingerprint density at radius 3 is 1.08 bits per heavy atom. The third-order valence-corrected chi connectivity index (χ3v) is 13.0. The Morgan fingerprint density at radius 2 is 0.774 bits per heavy atom. The average Bonchev–Trinajstić information content (AvgIpc) is 3.63. The van der Waals surface area contributed by atoms with Gasteiger partial charge in [0.1, 0.15) is 0 Å². The molecule has 8 aromatic rings. The number of hydrogen-bond acceptors (Lipinski definition) is 5. The van der Waals surface area contributed by atoms with Crippen LogP contribution in [0.1, 0.15) is 123 Å². The van der Waals surface area contributed by atoms with Crippen LogP contribution in [-0.2, 0) is 0 Å². The van der Waals surface area contributed by atoms with E-state index < -0.39 is 6.10 Å². The largest absolute Gasteiger partial charge is 2.00 e. The van der Waals surface area contributed by atoms with E-state index in [4.69, 9.17) is 5.11 Å². The van der Waals surface area contributed by atoms with Crippen LogP contribution >= 0.6 is 0 Å². The molecule has 6 nitrogen and oxygen atoms in total. The second-order valence-corrected chi connectivity index (χ2v) is 19.4. The summed E-state index contributed by atoms with van der Waals surface area (Å²) in [5, 5.41) is 28.9. The van der Waals surface area contributed by atoms with Gasteiger partial charge in [-0.1, -0.05) is 244 Å². The molecule has 429 valence electrons. The van der Waals surface area contributed by atoms with Crippen molar-refractivity contribution in [2.45, 2.75) is 89.3 Å². The molecule has 0 fully saturated rings. The maximum absolute atomic E-state index is 11.9. The molecular weight excluding hydrogens is 1120 g/mol. The Balaban J connectivity index is 0. The molecule has 0 spiro atoms. The first-order valence-corrected chi connectivity index (χ1v) is 28.0. The molecule has 0 aliphatic rings. The number of carbonyl (C=O) groups is 2. The summed E-state index contributed by atoms with van der Waals surface area (Å²) >= 11 is 0. The summed E-state index contributed by atoms with van der Waals surface area (Å²) in [5.74, 6) is 0.242. The Morgan fingerprint density at radius 1 is 0.464 bits per heavy atom. The van der Waals surface area contributed by atoms with Gasteiger partial charge in [-0.3, -0.25) is 9.59 Å². The van der Waals surface area contributed by atoms with Crippen molar-refractivity contribution in [2.24, 2.45) is 0 Å². The number of nitrogens with zero attached hydrogens (tertiary/aromatic N) is 1. The molecular formula is C74H85BBrMgNNaO5. The SMILES string of the molecule is C=CCCCC(=O)c1ccc(-c2ccccc2)cc1.C=CCCCC(O)c1ccc(-c2ccccc2)cc1.C=CCC[CH2-].CN(C)C(=O)c1ccc(-c2ccccc2)cc1.OCCCCCC(O)c1ccc(-c2ccccc2)cc1.[B].[Br-].[H-].[Mg+2].[Na+]. The number of aliphatic hydroxyl groups excluding tert-OH is 3. The van der Waals surface area contributed by atoms with Crippen LogP contribution in [0.25, 0.3) is 44.5 Å². The van der Waals surface area contributed by atoms with Crippen LogP contribution in [0.2, 0.25) is 0 Å². The minimum atomic E-state index is -0.404. The van der Waals surface area contributed by atoms with Gasteiger partial charge in [-0.2, -0.15) is 6.42 Å². The molecule has 8 rings (SSSR count). The number of carbonyl (C=O) groups excluding carboxylic acids is 2. The van der Waals surface area contributed by atoms with Crippen LogP contribution in [0.5, 0.6) is 0 Å². The van der Waals surface area contributed by atoms with E-state index in [2.05, 4.69) is 99.5 Å². The summed E-state index contributed by atoms with van der Waals surface area (Å²) in [4.78, 5) is 25.2. The average molecular weight is 1210 g/mol. The number of aliphatic hydroxyl groups is 3. The predicted octanol–water partition coefficient (Wildman–Crippen LogP) is 11.8. The Labute approximate surface area is 556 Å². The summed E-state index contributed by atoms with van der Waals surface area (Å²) in [6.45, 7) is 14.7. The molecule has 3 N–H and O–H groups in total. The Bertz CT molecular complexity index is 2960. The van der Waals surface area contributed by atoms with Gasteiger partial charge in [0, 0.05) is 46.7 Å². The van der Waals surface area contributed by atoms with E-state index in [1.807, 2.05) is 164 Å². The van der Waals surface area contributed by atoms with E-state index >= 15 is 0 Å². The molecule has 0 aromatic heterocycles. The molecule has 3 radical (unpaired) electrons. The molecule has 84 heavy (non-hydrogen) atoms. The molecule has 8 aromatic carbocycles. The first-order chi connectivity index (χ1) is 39.0. The van der Waals surface area contributed by atoms with Crippen LogP contribution in [0.15, 0.2) is 256 Å². The quantitative estimate of drug-likeness (QED) is 0.0195. The molecule has 0 aliphatic carbocycles. The van der Waals surface area contributed by atoms with E-state index in [0.29, 0.717) is 6.42 Å². The summed E-state index contributed by atoms with van der Waals surface area (Å²) in [6.07, 6.45) is 15.4. The number of allylic oxidation sites excluding steroid dienone is 3. The van der Waals surface area contributed by atoms with Crippen LogP contribution in [0.4, 0.5) is 0 Å². The molecule has 2 unspecified atom stereocenters. The molecule has 0 aliphatic heterocycles. The van der Waals surface area contributed by atoms with Crippen LogP contribution in [0, 0.1) is 6.92 Å². The van der Waals surface area contributed by atoms with Crippen LogP contribution < -0.4 is 46.5 Å². The molecule has 10 heteroatoms. The Kier molecular flexibility index (Phi) is 44.3. The number of ketones is 1. The zero-order valence-electron chi connectivity index (χ0n) is 51.0. The van der Waals surface area contributed by atoms with Gasteiger partial charge in [0.25, 0.3) is 5.91 Å². The fourth-order valence-electron chi connectivity index (χ4n) is 8.34. The number of unbranched alkanes of at least 4 members (excludes halogenated alkanes) is 5. The van der Waals surface area contributed by atoms with Gasteiger partial charge in [-0.15, -0.1) is 19.7 Å². The first kappa shape index (κ1) is 78.3. The molecule has 0 bridgehead atoms. The number of rotatable bonds is 23. The zero-order valence-corrected chi connectivity index (χ0v) is 55.0. The second kappa shape index (κ2) is 47.5. The summed E-state index contributed by atoms with van der Waals surface area (Å²) in [5.41, 5.74) is 12.8. The molecule has 1 amide bonds. The van der Waals surface area contributed by atoms with Crippen molar-refractivity contribution in [3.05, 3.63) is 286 Å². The summed E-state index contributed by atoms with van der Waals surface area (Å²) in [7, 11) is 3.51. The van der Waals surface area contributed by atoms with Crippen LogP contribution in [-0.4, -0.2) is 84.1 Å². The second-order valence-electron chi connectivity index (χ2n) is 19.4. The van der Waals surface area contributed by atoms with Crippen molar-refractivity contribution in [2.75, 3.05) is 20.7 Å². The van der Waals surface area contributed by atoms with Crippen molar-refractivity contribution in [3.8, 4) is 44.5 Å². The number of benzene rings is 8. The minimum Gasteiger partial charge on any atom is -1.00 e. The van der Waals surface area contributed by atoms with Gasteiger partial charge < -0.3 is 45.6 Å². The standard InChI is InChI=1S/C18H22O2.C18H20O.C18H18O.C15H15NO.C5H9.B.BrH.Mg.Na.H/c19-14-6-2-5-9-18(20)17-12-10-16(11-13-17)15-7-3-1-4-8-15;2*1-2-3-5-10-18(19)17-13-11-16(12-14-17)15-8-6-4-7-9-15;1-16(2)15(17)14-10-8-13(9-11-14)12-6-4-3-5-7-12;1-3-5-4-2;;;;;/h1,3-4,7-8,10-13,18-20H,2,5-6,9,14H2;2,4,6-9,11-14,18-19H,1,3,5,10H2;2,4,6-9,11-14H,1,3,5,10H2;3-11H,1-2H3;3H,1-2,4-5H2;;1H;;;/q;;;;-1;;;+2;+1;-1/p-1. The van der Waals surface area contributed by atoms with E-state index in [9.17, 15) is 19.8 Å².